The smallest absolute Gasteiger partial charge is 0.179 e. The summed E-state index contributed by atoms with van der Waals surface area (Å²) in [5.74, 6) is 1.19. The van der Waals surface area contributed by atoms with Gasteiger partial charge in [0.25, 0.3) is 0 Å². The Balaban J connectivity index is 1.97. The van der Waals surface area contributed by atoms with Crippen LogP contribution in [0.1, 0.15) is 25.3 Å². The largest absolute Gasteiger partial charge is 0.491 e. The number of nitrogens with one attached hydrogen (secondary N) is 1. The van der Waals surface area contributed by atoms with Crippen molar-refractivity contribution in [2.75, 3.05) is 33.5 Å². The number of hydrogen-bond acceptors (Lipinski definition) is 5. The third kappa shape index (κ3) is 4.49. The summed E-state index contributed by atoms with van der Waals surface area (Å²) >= 11 is 6.23. The molecule has 0 radical (unpaired) electrons. The van der Waals surface area contributed by atoms with Crippen molar-refractivity contribution < 1.29 is 19.3 Å². The average molecular weight is 330 g/mol. The Morgan fingerprint density at radius 1 is 1.36 bits per heavy atom. The quantitative estimate of drug-likeness (QED) is 0.804. The maximum Gasteiger partial charge on any atom is 0.179 e. The van der Waals surface area contributed by atoms with Crippen LogP contribution in [0.5, 0.6) is 11.5 Å². The standard InChI is InChI=1S/C16H24ClNO4/c1-3-22-14-9-12(8-13(17)15(14)20-2)10-18-11-16(19)4-6-21-7-5-16/h8-9,18-19H,3-7,10-11H2,1-2H3. The summed E-state index contributed by atoms with van der Waals surface area (Å²) in [5.41, 5.74) is 0.307. The van der Waals surface area contributed by atoms with E-state index in [1.165, 1.54) is 0 Å². The third-order valence-electron chi connectivity index (χ3n) is 3.78. The summed E-state index contributed by atoms with van der Waals surface area (Å²) in [6.45, 7) is 4.82. The predicted octanol–water partition coefficient (Wildman–Crippen LogP) is 2.38. The van der Waals surface area contributed by atoms with Crippen molar-refractivity contribution in [1.29, 1.82) is 0 Å². The second kappa shape index (κ2) is 8.02. The summed E-state index contributed by atoms with van der Waals surface area (Å²) in [4.78, 5) is 0. The van der Waals surface area contributed by atoms with Gasteiger partial charge in [-0.3, -0.25) is 0 Å². The molecule has 1 aromatic rings. The summed E-state index contributed by atoms with van der Waals surface area (Å²) in [7, 11) is 1.57. The van der Waals surface area contributed by atoms with E-state index in [-0.39, 0.29) is 0 Å². The van der Waals surface area contributed by atoms with Crippen LogP contribution in [-0.2, 0) is 11.3 Å². The van der Waals surface area contributed by atoms with Gasteiger partial charge in [-0.05, 0) is 24.6 Å². The van der Waals surface area contributed by atoms with Crippen LogP contribution in [-0.4, -0.2) is 44.2 Å². The predicted molar refractivity (Wildman–Crippen MR) is 85.9 cm³/mol. The minimum atomic E-state index is -0.683. The molecule has 0 aromatic heterocycles. The van der Waals surface area contributed by atoms with Gasteiger partial charge in [0, 0.05) is 39.1 Å². The Morgan fingerprint density at radius 2 is 2.09 bits per heavy atom. The highest BCUT2D eigenvalue weighted by Crippen LogP contribution is 2.36. The SMILES string of the molecule is CCOc1cc(CNCC2(O)CCOCC2)cc(Cl)c1OC. The monoisotopic (exact) mass is 329 g/mol. The van der Waals surface area contributed by atoms with Crippen molar-refractivity contribution >= 4 is 11.6 Å². The molecule has 2 N–H and O–H groups in total. The van der Waals surface area contributed by atoms with E-state index in [9.17, 15) is 5.11 Å². The van der Waals surface area contributed by atoms with Crippen LogP contribution in [0.25, 0.3) is 0 Å². The van der Waals surface area contributed by atoms with E-state index >= 15 is 0 Å². The summed E-state index contributed by atoms with van der Waals surface area (Å²) in [6, 6.07) is 3.76. The maximum absolute atomic E-state index is 10.4. The summed E-state index contributed by atoms with van der Waals surface area (Å²) in [5, 5.41) is 14.2. The van der Waals surface area contributed by atoms with Crippen LogP contribution in [0.15, 0.2) is 12.1 Å². The van der Waals surface area contributed by atoms with E-state index in [1.807, 2.05) is 19.1 Å². The first kappa shape index (κ1) is 17.3. The van der Waals surface area contributed by atoms with Crippen molar-refractivity contribution in [1.82, 2.24) is 5.32 Å². The molecule has 0 saturated carbocycles. The van der Waals surface area contributed by atoms with E-state index in [1.54, 1.807) is 7.11 Å². The number of benzene rings is 1. The normalized spacial score (nSPS) is 17.3. The summed E-state index contributed by atoms with van der Waals surface area (Å²) in [6.07, 6.45) is 1.32. The fourth-order valence-corrected chi connectivity index (χ4v) is 2.86. The van der Waals surface area contributed by atoms with Gasteiger partial charge in [0.15, 0.2) is 11.5 Å². The highest BCUT2D eigenvalue weighted by atomic mass is 35.5. The highest BCUT2D eigenvalue weighted by Gasteiger charge is 2.29. The van der Waals surface area contributed by atoms with Gasteiger partial charge in [-0.15, -0.1) is 0 Å². The van der Waals surface area contributed by atoms with E-state index in [2.05, 4.69) is 5.32 Å². The van der Waals surface area contributed by atoms with Gasteiger partial charge in [-0.2, -0.15) is 0 Å². The molecule has 0 spiro atoms. The van der Waals surface area contributed by atoms with E-state index < -0.39 is 5.60 Å². The lowest BCUT2D eigenvalue weighted by Gasteiger charge is -2.32. The molecule has 1 saturated heterocycles. The molecular weight excluding hydrogens is 306 g/mol. The molecule has 124 valence electrons. The zero-order chi connectivity index (χ0) is 16.0. The highest BCUT2D eigenvalue weighted by molar-refractivity contribution is 6.32. The molecule has 0 amide bonds. The fraction of sp³-hybridized carbons (Fsp3) is 0.625. The van der Waals surface area contributed by atoms with Crippen molar-refractivity contribution in [3.63, 3.8) is 0 Å². The zero-order valence-corrected chi connectivity index (χ0v) is 13.9. The molecule has 1 heterocycles. The van der Waals surface area contributed by atoms with Crippen LogP contribution in [0.4, 0.5) is 0 Å². The molecule has 5 nitrogen and oxygen atoms in total. The first-order valence-electron chi connectivity index (χ1n) is 7.58. The first-order valence-corrected chi connectivity index (χ1v) is 7.96. The number of methoxy groups -OCH3 is 1. The molecule has 1 aliphatic rings. The van der Waals surface area contributed by atoms with Crippen molar-refractivity contribution in [2.45, 2.75) is 31.9 Å². The third-order valence-corrected chi connectivity index (χ3v) is 4.06. The molecule has 6 heteroatoms. The Bertz CT molecular complexity index is 489. The Hall–Kier alpha value is -1.01. The number of aliphatic hydroxyl groups is 1. The fourth-order valence-electron chi connectivity index (χ4n) is 2.55. The molecule has 1 aliphatic heterocycles. The van der Waals surface area contributed by atoms with E-state index in [0.717, 1.165) is 5.56 Å². The number of ether oxygens (including phenoxy) is 3. The number of hydrogen-bond donors (Lipinski definition) is 2. The Labute approximate surface area is 136 Å². The number of halogens is 1. The minimum absolute atomic E-state index is 0.523. The molecule has 2 rings (SSSR count). The van der Waals surface area contributed by atoms with Gasteiger partial charge in [0.2, 0.25) is 0 Å². The van der Waals surface area contributed by atoms with Crippen LogP contribution in [0.2, 0.25) is 5.02 Å². The Kier molecular flexibility index (Phi) is 6.32. The lowest BCUT2D eigenvalue weighted by molar-refractivity contribution is -0.0617. The molecule has 22 heavy (non-hydrogen) atoms. The maximum atomic E-state index is 10.4. The van der Waals surface area contributed by atoms with Gasteiger partial charge in [0.1, 0.15) is 0 Å². The molecule has 0 aliphatic carbocycles. The topological polar surface area (TPSA) is 60.0 Å². The minimum Gasteiger partial charge on any atom is -0.491 e. The van der Waals surface area contributed by atoms with Crippen LogP contribution in [0.3, 0.4) is 0 Å². The van der Waals surface area contributed by atoms with Crippen LogP contribution in [0, 0.1) is 0 Å². The molecular formula is C16H24ClNO4. The summed E-state index contributed by atoms with van der Waals surface area (Å²) < 4.78 is 16.1. The van der Waals surface area contributed by atoms with Crippen LogP contribution >= 0.6 is 11.6 Å². The molecule has 1 aromatic carbocycles. The average Bonchev–Trinajstić information content (AvgIpc) is 2.48. The molecule has 1 fully saturated rings. The lowest BCUT2D eigenvalue weighted by Crippen LogP contribution is -2.44. The lowest BCUT2D eigenvalue weighted by atomic mass is 9.94. The molecule has 0 bridgehead atoms. The van der Waals surface area contributed by atoms with Crippen LogP contribution < -0.4 is 14.8 Å². The van der Waals surface area contributed by atoms with Crippen molar-refractivity contribution in [2.24, 2.45) is 0 Å². The van der Waals surface area contributed by atoms with Gasteiger partial charge >= 0.3 is 0 Å². The molecule has 0 unspecified atom stereocenters. The van der Waals surface area contributed by atoms with Crippen molar-refractivity contribution in [3.8, 4) is 11.5 Å². The second-order valence-electron chi connectivity index (χ2n) is 5.48. The zero-order valence-electron chi connectivity index (χ0n) is 13.2. The number of rotatable bonds is 7. The van der Waals surface area contributed by atoms with Gasteiger partial charge in [-0.1, -0.05) is 11.6 Å². The van der Waals surface area contributed by atoms with Crippen molar-refractivity contribution in [3.05, 3.63) is 22.7 Å². The van der Waals surface area contributed by atoms with Gasteiger partial charge < -0.3 is 24.6 Å². The van der Waals surface area contributed by atoms with E-state index in [0.29, 0.717) is 62.3 Å². The van der Waals surface area contributed by atoms with Gasteiger partial charge in [0.05, 0.1) is 24.3 Å². The van der Waals surface area contributed by atoms with E-state index in [4.69, 9.17) is 25.8 Å². The first-order chi connectivity index (χ1) is 10.6. The van der Waals surface area contributed by atoms with Gasteiger partial charge in [-0.25, -0.2) is 0 Å². The molecule has 0 atom stereocenters. The Morgan fingerprint density at radius 3 is 2.73 bits per heavy atom. The second-order valence-corrected chi connectivity index (χ2v) is 5.89.